The first-order chi connectivity index (χ1) is 6.95. The van der Waals surface area contributed by atoms with Crippen molar-refractivity contribution in [3.05, 3.63) is 0 Å². The van der Waals surface area contributed by atoms with Crippen molar-refractivity contribution in [3.63, 3.8) is 0 Å². The molecule has 0 saturated carbocycles. The summed E-state index contributed by atoms with van der Waals surface area (Å²) in [5.74, 6) is 0. The third-order valence-corrected chi connectivity index (χ3v) is 2.88. The molecule has 2 fully saturated rings. The van der Waals surface area contributed by atoms with Crippen LogP contribution < -0.4 is 0 Å². The maximum atomic E-state index is 5.68. The molecule has 2 aliphatic heterocycles. The van der Waals surface area contributed by atoms with Crippen molar-refractivity contribution in [2.75, 3.05) is 19.8 Å². The van der Waals surface area contributed by atoms with Gasteiger partial charge in [0.05, 0.1) is 12.7 Å². The van der Waals surface area contributed by atoms with Crippen LogP contribution in [0.4, 0.5) is 0 Å². The number of hydrogen-bond acceptors (Lipinski definition) is 3. The minimum Gasteiger partial charge on any atom is -0.376 e. The molecule has 0 aromatic rings. The van der Waals surface area contributed by atoms with E-state index in [1.165, 1.54) is 25.7 Å². The van der Waals surface area contributed by atoms with Crippen LogP contribution >= 0.6 is 0 Å². The van der Waals surface area contributed by atoms with E-state index in [1.807, 2.05) is 0 Å². The summed E-state index contributed by atoms with van der Waals surface area (Å²) in [5, 5.41) is 0. The van der Waals surface area contributed by atoms with Crippen molar-refractivity contribution < 1.29 is 14.2 Å². The van der Waals surface area contributed by atoms with Gasteiger partial charge in [-0.3, -0.25) is 0 Å². The van der Waals surface area contributed by atoms with Gasteiger partial charge in [0.25, 0.3) is 0 Å². The monoisotopic (exact) mass is 200 g/mol. The lowest BCUT2D eigenvalue weighted by Gasteiger charge is -2.27. The maximum Gasteiger partial charge on any atom is 0.157 e. The molecule has 0 N–H and O–H groups in total. The molecule has 0 aliphatic carbocycles. The Labute approximate surface area is 85.7 Å². The first-order valence-corrected chi connectivity index (χ1v) is 5.80. The van der Waals surface area contributed by atoms with Gasteiger partial charge in [0.15, 0.2) is 6.29 Å². The first-order valence-electron chi connectivity index (χ1n) is 5.80. The predicted molar refractivity (Wildman–Crippen MR) is 53.1 cm³/mol. The summed E-state index contributed by atoms with van der Waals surface area (Å²) in [6.07, 6.45) is 7.44. The van der Waals surface area contributed by atoms with Gasteiger partial charge in [-0.15, -0.1) is 0 Å². The number of rotatable bonds is 3. The number of hydrogen-bond donors (Lipinski definition) is 0. The smallest absolute Gasteiger partial charge is 0.157 e. The van der Waals surface area contributed by atoms with E-state index in [4.69, 9.17) is 14.2 Å². The molecule has 82 valence electrons. The predicted octanol–water partition coefficient (Wildman–Crippen LogP) is 2.10. The Morgan fingerprint density at radius 3 is 2.36 bits per heavy atom. The quantitative estimate of drug-likeness (QED) is 0.698. The van der Waals surface area contributed by atoms with Crippen molar-refractivity contribution in [1.29, 1.82) is 0 Å². The minimum atomic E-state index is 0.0364. The van der Waals surface area contributed by atoms with Crippen LogP contribution in [-0.4, -0.2) is 32.2 Å². The Balaban J connectivity index is 1.60. The Morgan fingerprint density at radius 1 is 0.929 bits per heavy atom. The lowest BCUT2D eigenvalue weighted by atomic mass is 10.1. The molecule has 2 rings (SSSR count). The highest BCUT2D eigenvalue weighted by Crippen LogP contribution is 2.17. The highest BCUT2D eigenvalue weighted by atomic mass is 16.7. The molecule has 2 saturated heterocycles. The molecule has 2 heterocycles. The van der Waals surface area contributed by atoms with E-state index < -0.39 is 0 Å². The Morgan fingerprint density at radius 2 is 1.71 bits per heavy atom. The van der Waals surface area contributed by atoms with Crippen LogP contribution in [0, 0.1) is 0 Å². The van der Waals surface area contributed by atoms with E-state index in [1.54, 1.807) is 0 Å². The van der Waals surface area contributed by atoms with Crippen LogP contribution in [0.1, 0.15) is 38.5 Å². The lowest BCUT2D eigenvalue weighted by Crippen LogP contribution is -2.30. The zero-order valence-corrected chi connectivity index (χ0v) is 8.74. The maximum absolute atomic E-state index is 5.68. The minimum absolute atomic E-state index is 0.0364. The molecule has 0 bridgehead atoms. The second kappa shape index (κ2) is 5.69. The highest BCUT2D eigenvalue weighted by Gasteiger charge is 2.18. The fourth-order valence-corrected chi connectivity index (χ4v) is 2.00. The van der Waals surface area contributed by atoms with Crippen molar-refractivity contribution in [2.24, 2.45) is 0 Å². The third-order valence-electron chi connectivity index (χ3n) is 2.88. The fraction of sp³-hybridized carbons (Fsp3) is 1.00. The second-order valence-electron chi connectivity index (χ2n) is 4.12. The first kappa shape index (κ1) is 10.4. The van der Waals surface area contributed by atoms with E-state index in [-0.39, 0.29) is 6.29 Å². The molecule has 0 aromatic heterocycles. The molecular formula is C11H20O3. The van der Waals surface area contributed by atoms with Gasteiger partial charge in [-0.1, -0.05) is 0 Å². The average Bonchev–Trinajstić information content (AvgIpc) is 2.29. The van der Waals surface area contributed by atoms with Crippen LogP contribution in [0.5, 0.6) is 0 Å². The standard InChI is InChI=1S/C11H20O3/c1-3-7-12-10(5-1)9-14-11-6-2-4-8-13-11/h10-11H,1-9H2/t10-,11?/m0/s1. The molecule has 0 radical (unpaired) electrons. The summed E-state index contributed by atoms with van der Waals surface area (Å²) >= 11 is 0. The Bertz CT molecular complexity index is 131. The van der Waals surface area contributed by atoms with Gasteiger partial charge in [0.1, 0.15) is 0 Å². The summed E-state index contributed by atoms with van der Waals surface area (Å²) in [7, 11) is 0. The summed E-state index contributed by atoms with van der Waals surface area (Å²) in [6.45, 7) is 2.47. The van der Waals surface area contributed by atoms with E-state index in [0.29, 0.717) is 12.7 Å². The Hall–Kier alpha value is -0.120. The molecule has 14 heavy (non-hydrogen) atoms. The van der Waals surface area contributed by atoms with Crippen molar-refractivity contribution in [1.82, 2.24) is 0 Å². The van der Waals surface area contributed by atoms with Crippen molar-refractivity contribution in [2.45, 2.75) is 50.9 Å². The normalized spacial score (nSPS) is 34.3. The fourth-order valence-electron chi connectivity index (χ4n) is 2.00. The van der Waals surface area contributed by atoms with Crippen molar-refractivity contribution in [3.8, 4) is 0 Å². The van der Waals surface area contributed by atoms with E-state index in [2.05, 4.69) is 0 Å². The zero-order chi connectivity index (χ0) is 9.64. The average molecular weight is 200 g/mol. The van der Waals surface area contributed by atoms with Gasteiger partial charge in [-0.25, -0.2) is 0 Å². The largest absolute Gasteiger partial charge is 0.376 e. The Kier molecular flexibility index (Phi) is 4.22. The lowest BCUT2D eigenvalue weighted by molar-refractivity contribution is -0.183. The van der Waals surface area contributed by atoms with Gasteiger partial charge in [0.2, 0.25) is 0 Å². The molecule has 1 unspecified atom stereocenters. The third kappa shape index (κ3) is 3.23. The SMILES string of the molecule is C1CCC(OC[C@@H]2CCCCO2)OC1. The topological polar surface area (TPSA) is 27.7 Å². The van der Waals surface area contributed by atoms with E-state index in [9.17, 15) is 0 Å². The van der Waals surface area contributed by atoms with Crippen LogP contribution in [0.15, 0.2) is 0 Å². The van der Waals surface area contributed by atoms with E-state index >= 15 is 0 Å². The van der Waals surface area contributed by atoms with Crippen LogP contribution in [-0.2, 0) is 14.2 Å². The number of ether oxygens (including phenoxy) is 3. The summed E-state index contributed by atoms with van der Waals surface area (Å²) < 4.78 is 16.8. The molecule has 3 heteroatoms. The summed E-state index contributed by atoms with van der Waals surface area (Å²) in [5.41, 5.74) is 0. The summed E-state index contributed by atoms with van der Waals surface area (Å²) in [4.78, 5) is 0. The summed E-state index contributed by atoms with van der Waals surface area (Å²) in [6, 6.07) is 0. The molecule has 2 atom stereocenters. The van der Waals surface area contributed by atoms with Gasteiger partial charge in [-0.05, 0) is 38.5 Å². The molecule has 2 aliphatic rings. The van der Waals surface area contributed by atoms with Crippen LogP contribution in [0.3, 0.4) is 0 Å². The van der Waals surface area contributed by atoms with Crippen LogP contribution in [0.2, 0.25) is 0 Å². The van der Waals surface area contributed by atoms with Gasteiger partial charge in [0, 0.05) is 13.2 Å². The molecule has 0 amide bonds. The highest BCUT2D eigenvalue weighted by molar-refractivity contribution is 4.63. The zero-order valence-electron chi connectivity index (χ0n) is 8.74. The van der Waals surface area contributed by atoms with E-state index in [0.717, 1.165) is 26.1 Å². The molecule has 0 spiro atoms. The van der Waals surface area contributed by atoms with Gasteiger partial charge >= 0.3 is 0 Å². The second-order valence-corrected chi connectivity index (χ2v) is 4.12. The molecule has 3 nitrogen and oxygen atoms in total. The molecule has 0 aromatic carbocycles. The van der Waals surface area contributed by atoms with Crippen molar-refractivity contribution >= 4 is 0 Å². The van der Waals surface area contributed by atoms with Crippen LogP contribution in [0.25, 0.3) is 0 Å². The van der Waals surface area contributed by atoms with Gasteiger partial charge in [-0.2, -0.15) is 0 Å². The van der Waals surface area contributed by atoms with Gasteiger partial charge < -0.3 is 14.2 Å². The molecular weight excluding hydrogens is 180 g/mol.